The lowest BCUT2D eigenvalue weighted by atomic mass is 10.1. The third-order valence-corrected chi connectivity index (χ3v) is 4.69. The lowest BCUT2D eigenvalue weighted by Gasteiger charge is -2.09. The molecule has 28 heavy (non-hydrogen) atoms. The van der Waals surface area contributed by atoms with Gasteiger partial charge in [0.15, 0.2) is 0 Å². The third kappa shape index (κ3) is 3.57. The number of anilines is 1. The fourth-order valence-corrected chi connectivity index (χ4v) is 3.20. The summed E-state index contributed by atoms with van der Waals surface area (Å²) in [6, 6.07) is 17.6. The molecule has 2 aromatic carbocycles. The first-order valence-electron chi connectivity index (χ1n) is 9.10. The minimum Gasteiger partial charge on any atom is -0.322 e. The van der Waals surface area contributed by atoms with E-state index in [4.69, 9.17) is 0 Å². The maximum absolute atomic E-state index is 12.8. The van der Waals surface area contributed by atoms with Gasteiger partial charge in [0.1, 0.15) is 0 Å². The fraction of sp³-hybridized carbons (Fsp3) is 0.136. The second-order valence-corrected chi connectivity index (χ2v) is 6.70. The van der Waals surface area contributed by atoms with E-state index < -0.39 is 0 Å². The van der Waals surface area contributed by atoms with Crippen molar-refractivity contribution in [2.24, 2.45) is 0 Å². The Bertz CT molecular complexity index is 1110. The Morgan fingerprint density at radius 3 is 2.68 bits per heavy atom. The first-order valence-corrected chi connectivity index (χ1v) is 9.10. The van der Waals surface area contributed by atoms with Crippen LogP contribution in [-0.4, -0.2) is 25.5 Å². The molecule has 0 aliphatic rings. The zero-order valence-electron chi connectivity index (χ0n) is 15.8. The summed E-state index contributed by atoms with van der Waals surface area (Å²) >= 11 is 0. The maximum Gasteiger partial charge on any atom is 0.259 e. The van der Waals surface area contributed by atoms with Crippen LogP contribution in [0.3, 0.4) is 0 Å². The van der Waals surface area contributed by atoms with Crippen molar-refractivity contribution in [1.29, 1.82) is 0 Å². The van der Waals surface area contributed by atoms with E-state index in [1.807, 2.05) is 79.3 Å². The molecule has 0 aliphatic heterocycles. The standard InChI is InChI=1S/C22H21N5O/c1-16-7-3-4-10-21(16)27-17(2)20(14-24-27)22(28)25-19-9-5-8-18(13-19)15-26-12-6-11-23-26/h3-14H,15H2,1-2H3,(H,25,28). The number of amides is 1. The molecule has 2 heterocycles. The molecule has 6 heteroatoms. The molecule has 140 valence electrons. The number of nitrogens with zero attached hydrogens (tertiary/aromatic N) is 4. The van der Waals surface area contributed by atoms with Gasteiger partial charge < -0.3 is 5.32 Å². The molecular weight excluding hydrogens is 350 g/mol. The fourth-order valence-electron chi connectivity index (χ4n) is 3.20. The Morgan fingerprint density at radius 2 is 1.89 bits per heavy atom. The highest BCUT2D eigenvalue weighted by atomic mass is 16.1. The molecule has 4 rings (SSSR count). The summed E-state index contributed by atoms with van der Waals surface area (Å²) in [7, 11) is 0. The summed E-state index contributed by atoms with van der Waals surface area (Å²) in [4.78, 5) is 12.8. The average molecular weight is 371 g/mol. The quantitative estimate of drug-likeness (QED) is 0.577. The van der Waals surface area contributed by atoms with Crippen LogP contribution in [0.25, 0.3) is 5.69 Å². The zero-order chi connectivity index (χ0) is 19.5. The summed E-state index contributed by atoms with van der Waals surface area (Å²) in [5.74, 6) is -0.173. The largest absolute Gasteiger partial charge is 0.322 e. The van der Waals surface area contributed by atoms with E-state index in [2.05, 4.69) is 15.5 Å². The van der Waals surface area contributed by atoms with Gasteiger partial charge in [-0.05, 0) is 49.2 Å². The van der Waals surface area contributed by atoms with E-state index >= 15 is 0 Å². The molecule has 0 radical (unpaired) electrons. The van der Waals surface area contributed by atoms with E-state index in [1.165, 1.54) is 0 Å². The first kappa shape index (κ1) is 17.7. The minimum atomic E-state index is -0.173. The van der Waals surface area contributed by atoms with E-state index in [-0.39, 0.29) is 5.91 Å². The molecule has 6 nitrogen and oxygen atoms in total. The van der Waals surface area contributed by atoms with Crippen LogP contribution in [0.2, 0.25) is 0 Å². The molecule has 0 atom stereocenters. The molecule has 0 unspecified atom stereocenters. The molecule has 0 saturated heterocycles. The van der Waals surface area contributed by atoms with Gasteiger partial charge in [-0.1, -0.05) is 30.3 Å². The van der Waals surface area contributed by atoms with Crippen LogP contribution in [-0.2, 0) is 6.54 Å². The average Bonchev–Trinajstić information content (AvgIpc) is 3.32. The van der Waals surface area contributed by atoms with Crippen LogP contribution in [0.1, 0.15) is 27.2 Å². The van der Waals surface area contributed by atoms with Gasteiger partial charge in [-0.3, -0.25) is 9.48 Å². The van der Waals surface area contributed by atoms with Gasteiger partial charge in [0, 0.05) is 18.1 Å². The highest BCUT2D eigenvalue weighted by Crippen LogP contribution is 2.19. The van der Waals surface area contributed by atoms with E-state index in [9.17, 15) is 4.79 Å². The molecular formula is C22H21N5O. The second kappa shape index (κ2) is 7.52. The predicted molar refractivity (Wildman–Crippen MR) is 109 cm³/mol. The SMILES string of the molecule is Cc1ccccc1-n1ncc(C(=O)Nc2cccc(Cn3cccn3)c2)c1C. The number of aromatic nitrogens is 4. The number of hydrogen-bond acceptors (Lipinski definition) is 3. The van der Waals surface area contributed by atoms with Crippen LogP contribution in [0, 0.1) is 13.8 Å². The van der Waals surface area contributed by atoms with Gasteiger partial charge in [-0.25, -0.2) is 4.68 Å². The maximum atomic E-state index is 12.8. The molecule has 2 aromatic heterocycles. The molecule has 0 bridgehead atoms. The molecule has 4 aromatic rings. The van der Waals surface area contributed by atoms with Gasteiger partial charge in [-0.2, -0.15) is 10.2 Å². The number of para-hydroxylation sites is 1. The van der Waals surface area contributed by atoms with Gasteiger partial charge in [-0.15, -0.1) is 0 Å². The Balaban J connectivity index is 1.54. The van der Waals surface area contributed by atoms with Gasteiger partial charge >= 0.3 is 0 Å². The first-order chi connectivity index (χ1) is 13.6. The van der Waals surface area contributed by atoms with Crippen molar-refractivity contribution in [3.05, 3.63) is 95.6 Å². The van der Waals surface area contributed by atoms with Gasteiger partial charge in [0.25, 0.3) is 5.91 Å². The summed E-state index contributed by atoms with van der Waals surface area (Å²) in [5.41, 5.74) is 5.25. The highest BCUT2D eigenvalue weighted by molar-refractivity contribution is 6.05. The smallest absolute Gasteiger partial charge is 0.259 e. The van der Waals surface area contributed by atoms with Crippen LogP contribution >= 0.6 is 0 Å². The number of nitrogens with one attached hydrogen (secondary N) is 1. The van der Waals surface area contributed by atoms with E-state index in [1.54, 1.807) is 17.1 Å². The van der Waals surface area contributed by atoms with Crippen molar-refractivity contribution in [2.45, 2.75) is 20.4 Å². The minimum absolute atomic E-state index is 0.173. The Kier molecular flexibility index (Phi) is 4.76. The number of carbonyl (C=O) groups excluding carboxylic acids is 1. The number of hydrogen-bond donors (Lipinski definition) is 1. The molecule has 1 N–H and O–H groups in total. The second-order valence-electron chi connectivity index (χ2n) is 6.70. The van der Waals surface area contributed by atoms with Crippen molar-refractivity contribution in [3.63, 3.8) is 0 Å². The molecule has 0 fully saturated rings. The van der Waals surface area contributed by atoms with Crippen LogP contribution < -0.4 is 5.32 Å². The monoisotopic (exact) mass is 371 g/mol. The van der Waals surface area contributed by atoms with Crippen molar-refractivity contribution in [2.75, 3.05) is 5.32 Å². The molecule has 0 spiro atoms. The van der Waals surface area contributed by atoms with Crippen LogP contribution in [0.5, 0.6) is 0 Å². The Morgan fingerprint density at radius 1 is 1.04 bits per heavy atom. The zero-order valence-corrected chi connectivity index (χ0v) is 15.8. The number of rotatable bonds is 5. The Labute approximate surface area is 163 Å². The Hall–Kier alpha value is -3.67. The summed E-state index contributed by atoms with van der Waals surface area (Å²) in [5, 5.41) is 11.6. The van der Waals surface area contributed by atoms with E-state index in [0.29, 0.717) is 12.1 Å². The molecule has 1 amide bonds. The molecule has 0 saturated carbocycles. The normalized spacial score (nSPS) is 10.8. The van der Waals surface area contributed by atoms with Crippen LogP contribution in [0.4, 0.5) is 5.69 Å². The topological polar surface area (TPSA) is 64.7 Å². The highest BCUT2D eigenvalue weighted by Gasteiger charge is 2.16. The summed E-state index contributed by atoms with van der Waals surface area (Å²) in [6.45, 7) is 4.59. The number of benzene rings is 2. The van der Waals surface area contributed by atoms with Gasteiger partial charge in [0.2, 0.25) is 0 Å². The lowest BCUT2D eigenvalue weighted by molar-refractivity contribution is 0.102. The lowest BCUT2D eigenvalue weighted by Crippen LogP contribution is -2.13. The number of carbonyl (C=O) groups is 1. The summed E-state index contributed by atoms with van der Waals surface area (Å²) < 4.78 is 3.65. The van der Waals surface area contributed by atoms with Crippen molar-refractivity contribution >= 4 is 11.6 Å². The number of aryl methyl sites for hydroxylation is 1. The summed E-state index contributed by atoms with van der Waals surface area (Å²) in [6.07, 6.45) is 5.28. The third-order valence-electron chi connectivity index (χ3n) is 4.69. The van der Waals surface area contributed by atoms with Gasteiger partial charge in [0.05, 0.1) is 29.7 Å². The predicted octanol–water partition coefficient (Wildman–Crippen LogP) is 3.99. The van der Waals surface area contributed by atoms with Crippen molar-refractivity contribution < 1.29 is 4.79 Å². The van der Waals surface area contributed by atoms with Crippen molar-refractivity contribution in [3.8, 4) is 5.69 Å². The molecule has 0 aliphatic carbocycles. The van der Waals surface area contributed by atoms with Crippen LogP contribution in [0.15, 0.2) is 73.2 Å². The van der Waals surface area contributed by atoms with E-state index in [0.717, 1.165) is 28.2 Å². The van der Waals surface area contributed by atoms with Crippen molar-refractivity contribution in [1.82, 2.24) is 19.6 Å².